The summed E-state index contributed by atoms with van der Waals surface area (Å²) in [6, 6.07) is 15.5. The summed E-state index contributed by atoms with van der Waals surface area (Å²) in [7, 11) is 1.60. The lowest BCUT2D eigenvalue weighted by Gasteiger charge is -2.18. The first-order valence-corrected chi connectivity index (χ1v) is 8.09. The van der Waals surface area contributed by atoms with Crippen LogP contribution in [0.2, 0.25) is 0 Å². The molecule has 0 aliphatic rings. The number of methoxy groups -OCH3 is 1. The number of benzene rings is 2. The minimum atomic E-state index is 0.128. The summed E-state index contributed by atoms with van der Waals surface area (Å²) in [5.41, 5.74) is 1.91. The molecular formula is C19H25N3O2. The van der Waals surface area contributed by atoms with Crippen molar-refractivity contribution in [3.05, 3.63) is 59.7 Å². The molecule has 2 aromatic carbocycles. The van der Waals surface area contributed by atoms with Gasteiger partial charge in [-0.25, -0.2) is 4.99 Å². The van der Waals surface area contributed by atoms with Gasteiger partial charge in [0.15, 0.2) is 5.96 Å². The predicted molar refractivity (Wildman–Crippen MR) is 97.5 cm³/mol. The molecule has 0 spiro atoms. The van der Waals surface area contributed by atoms with Gasteiger partial charge in [0.1, 0.15) is 11.5 Å². The van der Waals surface area contributed by atoms with Crippen molar-refractivity contribution in [3.63, 3.8) is 0 Å². The molecule has 0 fully saturated rings. The maximum atomic E-state index is 9.97. The van der Waals surface area contributed by atoms with Crippen molar-refractivity contribution in [3.8, 4) is 11.5 Å². The number of rotatable bonds is 6. The average Bonchev–Trinajstić information content (AvgIpc) is 2.61. The maximum Gasteiger partial charge on any atom is 0.192 e. The monoisotopic (exact) mass is 327 g/mol. The summed E-state index contributed by atoms with van der Waals surface area (Å²) in [5, 5.41) is 16.6. The molecule has 128 valence electrons. The Labute approximate surface area is 143 Å². The van der Waals surface area contributed by atoms with Crippen LogP contribution in [0, 0.1) is 0 Å². The van der Waals surface area contributed by atoms with Gasteiger partial charge in [-0.2, -0.15) is 0 Å². The standard InChI is InChI=1S/C19H25N3O2/c1-4-20-19(22-14(2)15-8-6-5-7-9-15)21-13-16-12-17(24-3)10-11-18(16)23/h5-12,14,23H,4,13H2,1-3H3,(H2,20,21,22). The van der Waals surface area contributed by atoms with Crippen molar-refractivity contribution in [2.45, 2.75) is 26.4 Å². The van der Waals surface area contributed by atoms with Crippen LogP contribution in [0.4, 0.5) is 0 Å². The van der Waals surface area contributed by atoms with Gasteiger partial charge in [0.05, 0.1) is 19.7 Å². The number of ether oxygens (including phenoxy) is 1. The summed E-state index contributed by atoms with van der Waals surface area (Å²) in [5.74, 6) is 1.62. The highest BCUT2D eigenvalue weighted by Crippen LogP contribution is 2.23. The molecule has 0 bridgehead atoms. The third kappa shape index (κ3) is 4.91. The summed E-state index contributed by atoms with van der Waals surface area (Å²) in [4.78, 5) is 4.56. The largest absolute Gasteiger partial charge is 0.508 e. The fraction of sp³-hybridized carbons (Fsp3) is 0.316. The van der Waals surface area contributed by atoms with Crippen LogP contribution in [0.25, 0.3) is 0 Å². The summed E-state index contributed by atoms with van der Waals surface area (Å²) >= 11 is 0. The van der Waals surface area contributed by atoms with Gasteiger partial charge >= 0.3 is 0 Å². The van der Waals surface area contributed by atoms with E-state index in [1.165, 1.54) is 5.56 Å². The Balaban J connectivity index is 2.10. The summed E-state index contributed by atoms with van der Waals surface area (Å²) in [6.07, 6.45) is 0. The minimum Gasteiger partial charge on any atom is -0.508 e. The van der Waals surface area contributed by atoms with E-state index in [0.717, 1.165) is 12.1 Å². The van der Waals surface area contributed by atoms with Gasteiger partial charge in [0.25, 0.3) is 0 Å². The normalized spacial score (nSPS) is 12.5. The number of guanidine groups is 1. The van der Waals surface area contributed by atoms with Crippen molar-refractivity contribution >= 4 is 5.96 Å². The Morgan fingerprint density at radius 1 is 1.21 bits per heavy atom. The van der Waals surface area contributed by atoms with Crippen molar-refractivity contribution in [2.75, 3.05) is 13.7 Å². The van der Waals surface area contributed by atoms with Gasteiger partial charge in [-0.05, 0) is 37.6 Å². The molecule has 0 amide bonds. The maximum absolute atomic E-state index is 9.97. The van der Waals surface area contributed by atoms with Crippen LogP contribution < -0.4 is 15.4 Å². The van der Waals surface area contributed by atoms with E-state index in [1.807, 2.05) is 25.1 Å². The Morgan fingerprint density at radius 3 is 2.62 bits per heavy atom. The Morgan fingerprint density at radius 2 is 1.96 bits per heavy atom. The van der Waals surface area contributed by atoms with E-state index in [1.54, 1.807) is 25.3 Å². The molecule has 2 aromatic rings. The molecule has 3 N–H and O–H groups in total. The molecule has 2 rings (SSSR count). The lowest BCUT2D eigenvalue weighted by molar-refractivity contribution is 0.411. The van der Waals surface area contributed by atoms with Crippen LogP contribution in [0.1, 0.15) is 31.0 Å². The minimum absolute atomic E-state index is 0.128. The molecule has 1 atom stereocenters. The van der Waals surface area contributed by atoms with E-state index in [0.29, 0.717) is 18.3 Å². The molecule has 0 aromatic heterocycles. The van der Waals surface area contributed by atoms with Gasteiger partial charge in [-0.3, -0.25) is 0 Å². The molecule has 0 aliphatic heterocycles. The van der Waals surface area contributed by atoms with Crippen LogP contribution in [-0.4, -0.2) is 24.7 Å². The van der Waals surface area contributed by atoms with E-state index in [-0.39, 0.29) is 11.8 Å². The van der Waals surface area contributed by atoms with E-state index in [2.05, 4.69) is 34.7 Å². The van der Waals surface area contributed by atoms with Crippen LogP contribution in [-0.2, 0) is 6.54 Å². The predicted octanol–water partition coefficient (Wildman–Crippen LogP) is 3.22. The van der Waals surface area contributed by atoms with E-state index in [9.17, 15) is 5.11 Å². The molecule has 0 heterocycles. The van der Waals surface area contributed by atoms with E-state index < -0.39 is 0 Å². The lowest BCUT2D eigenvalue weighted by atomic mass is 10.1. The number of phenolic OH excluding ortho intramolecular Hbond substituents is 1. The molecule has 1 unspecified atom stereocenters. The van der Waals surface area contributed by atoms with E-state index in [4.69, 9.17) is 4.74 Å². The van der Waals surface area contributed by atoms with Gasteiger partial charge in [0.2, 0.25) is 0 Å². The van der Waals surface area contributed by atoms with E-state index >= 15 is 0 Å². The molecule has 0 saturated carbocycles. The highest BCUT2D eigenvalue weighted by Gasteiger charge is 2.08. The second-order valence-electron chi connectivity index (χ2n) is 5.47. The van der Waals surface area contributed by atoms with Crippen molar-refractivity contribution in [1.82, 2.24) is 10.6 Å². The number of nitrogens with one attached hydrogen (secondary N) is 2. The van der Waals surface area contributed by atoms with Crippen LogP contribution in [0.5, 0.6) is 11.5 Å². The third-order valence-corrected chi connectivity index (χ3v) is 3.69. The Bertz CT molecular complexity index is 672. The highest BCUT2D eigenvalue weighted by molar-refractivity contribution is 5.80. The van der Waals surface area contributed by atoms with Crippen LogP contribution >= 0.6 is 0 Å². The first-order chi connectivity index (χ1) is 11.6. The lowest BCUT2D eigenvalue weighted by Crippen LogP contribution is -2.38. The summed E-state index contributed by atoms with van der Waals surface area (Å²) in [6.45, 7) is 5.23. The molecule has 0 saturated heterocycles. The fourth-order valence-electron chi connectivity index (χ4n) is 2.33. The van der Waals surface area contributed by atoms with Gasteiger partial charge < -0.3 is 20.5 Å². The van der Waals surface area contributed by atoms with Crippen molar-refractivity contribution < 1.29 is 9.84 Å². The number of aromatic hydroxyl groups is 1. The topological polar surface area (TPSA) is 65.9 Å². The van der Waals surface area contributed by atoms with Crippen LogP contribution in [0.15, 0.2) is 53.5 Å². The zero-order chi connectivity index (χ0) is 17.4. The second-order valence-corrected chi connectivity index (χ2v) is 5.47. The Hall–Kier alpha value is -2.69. The average molecular weight is 327 g/mol. The first kappa shape index (κ1) is 17.7. The SMILES string of the molecule is CCNC(=NCc1cc(OC)ccc1O)NC(C)c1ccccc1. The zero-order valence-electron chi connectivity index (χ0n) is 14.4. The Kier molecular flexibility index (Phi) is 6.49. The number of phenols is 1. The highest BCUT2D eigenvalue weighted by atomic mass is 16.5. The quantitative estimate of drug-likeness (QED) is 0.563. The molecule has 24 heavy (non-hydrogen) atoms. The zero-order valence-corrected chi connectivity index (χ0v) is 14.4. The molecule has 0 radical (unpaired) electrons. The number of hydrogen-bond acceptors (Lipinski definition) is 3. The van der Waals surface area contributed by atoms with Gasteiger partial charge in [-0.15, -0.1) is 0 Å². The van der Waals surface area contributed by atoms with Crippen molar-refractivity contribution in [1.29, 1.82) is 0 Å². The van der Waals surface area contributed by atoms with Crippen molar-refractivity contribution in [2.24, 2.45) is 4.99 Å². The summed E-state index contributed by atoms with van der Waals surface area (Å²) < 4.78 is 5.20. The first-order valence-electron chi connectivity index (χ1n) is 8.09. The molecular weight excluding hydrogens is 302 g/mol. The smallest absolute Gasteiger partial charge is 0.192 e. The van der Waals surface area contributed by atoms with Crippen LogP contribution in [0.3, 0.4) is 0 Å². The van der Waals surface area contributed by atoms with Gasteiger partial charge in [-0.1, -0.05) is 30.3 Å². The number of hydrogen-bond donors (Lipinski definition) is 3. The second kappa shape index (κ2) is 8.82. The molecule has 0 aliphatic carbocycles. The number of aliphatic imine (C=N–C) groups is 1. The number of nitrogens with zero attached hydrogens (tertiary/aromatic N) is 1. The van der Waals surface area contributed by atoms with Gasteiger partial charge in [0, 0.05) is 12.1 Å². The third-order valence-electron chi connectivity index (χ3n) is 3.69. The fourth-order valence-corrected chi connectivity index (χ4v) is 2.33. The molecule has 5 nitrogen and oxygen atoms in total. The molecule has 5 heteroatoms.